The first-order valence-electron chi connectivity index (χ1n) is 21.0. The van der Waals surface area contributed by atoms with E-state index in [9.17, 15) is 33.6 Å². The van der Waals surface area contributed by atoms with Crippen LogP contribution in [0.15, 0.2) is 85.5 Å². The number of piperidine rings is 1. The van der Waals surface area contributed by atoms with Gasteiger partial charge < -0.3 is 34.4 Å². The minimum Gasteiger partial charge on any atom is -0.481 e. The van der Waals surface area contributed by atoms with Gasteiger partial charge in [-0.05, 0) is 73.1 Å². The lowest BCUT2D eigenvalue weighted by atomic mass is 9.87. The van der Waals surface area contributed by atoms with Gasteiger partial charge in [-0.2, -0.15) is 0 Å². The number of nitrogens with zero attached hydrogens (tertiary/aromatic N) is 3. The van der Waals surface area contributed by atoms with Crippen molar-refractivity contribution in [2.45, 2.75) is 70.4 Å². The monoisotopic (exact) mass is 850 g/mol. The van der Waals surface area contributed by atoms with E-state index in [-0.39, 0.29) is 51.0 Å². The number of carboxylic acid groups (broad SMARTS) is 1. The van der Waals surface area contributed by atoms with E-state index in [1.807, 2.05) is 24.3 Å². The predicted molar refractivity (Wildman–Crippen MR) is 228 cm³/mol. The number of likely N-dealkylation sites (tertiary alicyclic amines) is 1. The number of hydrogen-bond donors (Lipinski definition) is 2. The molecule has 0 aromatic heterocycles. The van der Waals surface area contributed by atoms with Gasteiger partial charge in [0.25, 0.3) is 5.91 Å². The van der Waals surface area contributed by atoms with Crippen LogP contribution in [0.5, 0.6) is 0 Å². The van der Waals surface area contributed by atoms with Gasteiger partial charge in [0, 0.05) is 69.8 Å². The molecule has 0 radical (unpaired) electrons. The lowest BCUT2D eigenvalue weighted by Gasteiger charge is -2.37. The van der Waals surface area contributed by atoms with Gasteiger partial charge in [-0.25, -0.2) is 14.4 Å². The minimum atomic E-state index is -1.37. The number of piperazine rings is 1. The normalized spacial score (nSPS) is 16.9. The molecule has 0 saturated carbocycles. The SMILES string of the molecule is C=CC(=O)OCC(C)(C)C(=O)C(=O)N1CCCC[C@H]1C(=O)O[C@H](CCN1CCN(C(=O)OCC2c3ccccc3-c3ccccc32)CC1)c1cccc(NC(=O)CCC(=O)O)c1. The van der Waals surface area contributed by atoms with E-state index in [1.165, 1.54) is 18.7 Å². The average molecular weight is 851 g/mol. The highest BCUT2D eigenvalue weighted by Crippen LogP contribution is 2.44. The smallest absolute Gasteiger partial charge is 0.409 e. The molecule has 15 heteroatoms. The maximum absolute atomic E-state index is 14.1. The van der Waals surface area contributed by atoms with Crippen LogP contribution in [0.4, 0.5) is 10.5 Å². The number of rotatable bonds is 17. The zero-order valence-electron chi connectivity index (χ0n) is 35.2. The molecule has 0 unspecified atom stereocenters. The van der Waals surface area contributed by atoms with Crippen LogP contribution in [0.1, 0.15) is 81.1 Å². The molecule has 328 valence electrons. The number of benzene rings is 3. The average Bonchev–Trinajstić information content (AvgIpc) is 3.61. The lowest BCUT2D eigenvalue weighted by molar-refractivity contribution is -0.165. The Morgan fingerprint density at radius 3 is 2.19 bits per heavy atom. The highest BCUT2D eigenvalue weighted by Gasteiger charge is 2.42. The summed E-state index contributed by atoms with van der Waals surface area (Å²) >= 11 is 0. The van der Waals surface area contributed by atoms with E-state index in [2.05, 4.69) is 41.1 Å². The maximum Gasteiger partial charge on any atom is 0.409 e. The number of carbonyl (C=O) groups excluding carboxylic acids is 6. The number of amides is 3. The number of ketones is 1. The van der Waals surface area contributed by atoms with Crippen molar-refractivity contribution < 1.29 is 52.9 Å². The second kappa shape index (κ2) is 20.5. The number of ether oxygens (including phenoxy) is 3. The Labute approximate surface area is 361 Å². The Bertz CT molecular complexity index is 2130. The first kappa shape index (κ1) is 45.2. The molecule has 3 aromatic rings. The molecule has 2 saturated heterocycles. The molecule has 6 rings (SSSR count). The van der Waals surface area contributed by atoms with Crippen LogP contribution in [0.2, 0.25) is 0 Å². The van der Waals surface area contributed by atoms with Crippen molar-refractivity contribution >= 4 is 47.3 Å². The van der Waals surface area contributed by atoms with E-state index < -0.39 is 53.1 Å². The summed E-state index contributed by atoms with van der Waals surface area (Å²) in [7, 11) is 0. The van der Waals surface area contributed by atoms with E-state index in [1.54, 1.807) is 29.2 Å². The number of esters is 2. The standard InChI is InChI=1S/C47H54N4O11/c1-4-42(55)61-30-47(2,3)43(56)44(57)51-22-10-9-18-38(51)45(58)62-39(31-12-11-13-32(28-31)48-40(52)19-20-41(53)54)21-23-49-24-26-50(27-25-49)46(59)60-29-37-35-16-7-5-14-33(35)34-15-6-8-17-36(34)37/h4-8,11-17,28,37-39H,1,9-10,18-27,29-30H2,2-3H3,(H,48,52)(H,53,54)/t38-,39+/m0/s1. The van der Waals surface area contributed by atoms with Gasteiger partial charge in [-0.15, -0.1) is 0 Å². The number of fused-ring (bicyclic) bond motifs is 3. The summed E-state index contributed by atoms with van der Waals surface area (Å²) in [6.45, 7) is 8.75. The zero-order valence-corrected chi connectivity index (χ0v) is 35.2. The molecule has 2 N–H and O–H groups in total. The predicted octanol–water partition coefficient (Wildman–Crippen LogP) is 5.74. The molecule has 3 aromatic carbocycles. The van der Waals surface area contributed by atoms with Crippen LogP contribution < -0.4 is 5.32 Å². The third-order valence-electron chi connectivity index (χ3n) is 11.6. The molecule has 2 atom stereocenters. The summed E-state index contributed by atoms with van der Waals surface area (Å²) in [4.78, 5) is 94.9. The van der Waals surface area contributed by atoms with Crippen molar-refractivity contribution in [1.29, 1.82) is 0 Å². The van der Waals surface area contributed by atoms with Gasteiger partial charge in [0.1, 0.15) is 25.4 Å². The number of Topliss-reactive ketones (excluding diaryl/α,β-unsaturated/α-hetero) is 1. The van der Waals surface area contributed by atoms with Crippen molar-refractivity contribution in [2.75, 3.05) is 57.8 Å². The number of aliphatic carboxylic acids is 1. The molecule has 0 bridgehead atoms. The number of anilines is 1. The highest BCUT2D eigenvalue weighted by molar-refractivity contribution is 6.38. The summed E-state index contributed by atoms with van der Waals surface area (Å²) in [5.41, 5.74) is 4.15. The molecular weight excluding hydrogens is 797 g/mol. The van der Waals surface area contributed by atoms with Gasteiger partial charge in [0.2, 0.25) is 11.7 Å². The fourth-order valence-corrected chi connectivity index (χ4v) is 8.13. The third-order valence-corrected chi connectivity index (χ3v) is 11.6. The zero-order chi connectivity index (χ0) is 44.4. The first-order chi connectivity index (χ1) is 29.7. The fourth-order valence-electron chi connectivity index (χ4n) is 8.13. The summed E-state index contributed by atoms with van der Waals surface area (Å²) < 4.78 is 17.2. The summed E-state index contributed by atoms with van der Waals surface area (Å²) in [5.74, 6) is -4.75. The molecule has 2 heterocycles. The number of hydrogen-bond acceptors (Lipinski definition) is 11. The van der Waals surface area contributed by atoms with Gasteiger partial charge in [-0.1, -0.05) is 67.2 Å². The Hall–Kier alpha value is -6.35. The molecule has 2 aliphatic heterocycles. The fraction of sp³-hybridized carbons (Fsp3) is 0.426. The first-order valence-corrected chi connectivity index (χ1v) is 21.0. The Kier molecular flexibility index (Phi) is 14.9. The molecule has 62 heavy (non-hydrogen) atoms. The van der Waals surface area contributed by atoms with Gasteiger partial charge in [-0.3, -0.25) is 24.1 Å². The topological polar surface area (TPSA) is 189 Å². The van der Waals surface area contributed by atoms with Crippen molar-refractivity contribution in [3.63, 3.8) is 0 Å². The molecular formula is C47H54N4O11. The van der Waals surface area contributed by atoms with Crippen LogP contribution >= 0.6 is 0 Å². The summed E-state index contributed by atoms with van der Waals surface area (Å²) in [6, 6.07) is 22.0. The Morgan fingerprint density at radius 2 is 1.53 bits per heavy atom. The highest BCUT2D eigenvalue weighted by atomic mass is 16.6. The third kappa shape index (κ3) is 11.1. The van der Waals surface area contributed by atoms with Crippen LogP contribution in [0.25, 0.3) is 11.1 Å². The van der Waals surface area contributed by atoms with E-state index in [0.29, 0.717) is 63.2 Å². The number of carboxylic acids is 1. The van der Waals surface area contributed by atoms with Crippen LogP contribution in [-0.4, -0.2) is 120 Å². The summed E-state index contributed by atoms with van der Waals surface area (Å²) in [5, 5.41) is 11.7. The van der Waals surface area contributed by atoms with E-state index >= 15 is 0 Å². The van der Waals surface area contributed by atoms with Crippen molar-refractivity contribution in [2.24, 2.45) is 5.41 Å². The van der Waals surface area contributed by atoms with Crippen LogP contribution in [-0.2, 0) is 43.0 Å². The number of carbonyl (C=O) groups is 7. The van der Waals surface area contributed by atoms with Crippen molar-refractivity contribution in [1.82, 2.24) is 14.7 Å². The van der Waals surface area contributed by atoms with Crippen LogP contribution in [0, 0.1) is 5.41 Å². The van der Waals surface area contributed by atoms with Gasteiger partial charge in [0.15, 0.2) is 0 Å². The second-order valence-corrected chi connectivity index (χ2v) is 16.4. The molecule has 2 fully saturated rings. The van der Waals surface area contributed by atoms with E-state index in [0.717, 1.165) is 28.3 Å². The quantitative estimate of drug-likeness (QED) is 0.0727. The minimum absolute atomic E-state index is 0.0519. The Balaban J connectivity index is 1.10. The molecule has 3 amide bonds. The van der Waals surface area contributed by atoms with Crippen molar-refractivity contribution in [3.05, 3.63) is 102 Å². The lowest BCUT2D eigenvalue weighted by Crippen LogP contribution is -2.54. The summed E-state index contributed by atoms with van der Waals surface area (Å²) in [6.07, 6.45) is 0.954. The molecule has 1 aliphatic carbocycles. The van der Waals surface area contributed by atoms with Crippen molar-refractivity contribution in [3.8, 4) is 11.1 Å². The van der Waals surface area contributed by atoms with Crippen LogP contribution in [0.3, 0.4) is 0 Å². The second-order valence-electron chi connectivity index (χ2n) is 16.4. The Morgan fingerprint density at radius 1 is 0.855 bits per heavy atom. The molecule has 15 nitrogen and oxygen atoms in total. The van der Waals surface area contributed by atoms with Gasteiger partial charge in [0.05, 0.1) is 11.8 Å². The maximum atomic E-state index is 14.1. The largest absolute Gasteiger partial charge is 0.481 e. The molecule has 3 aliphatic rings. The number of nitrogens with one attached hydrogen (secondary N) is 1. The van der Waals surface area contributed by atoms with E-state index in [4.69, 9.17) is 19.3 Å². The molecule has 0 spiro atoms. The van der Waals surface area contributed by atoms with Gasteiger partial charge >= 0.3 is 24.0 Å².